The highest BCUT2D eigenvalue weighted by Gasteiger charge is 2.22. The number of aliphatic hydroxyl groups excluding tert-OH is 1. The molecule has 0 spiro atoms. The van der Waals surface area contributed by atoms with Crippen molar-refractivity contribution in [1.29, 1.82) is 0 Å². The number of aliphatic hydroxyl groups is 1. The van der Waals surface area contributed by atoms with Gasteiger partial charge < -0.3 is 9.84 Å². The number of aromatic nitrogens is 2. The van der Waals surface area contributed by atoms with E-state index < -0.39 is 6.10 Å². The molecule has 1 N–H and O–H groups in total. The Morgan fingerprint density at radius 2 is 2.26 bits per heavy atom. The number of halogens is 2. The van der Waals surface area contributed by atoms with Crippen molar-refractivity contribution < 1.29 is 9.84 Å². The maximum Gasteiger partial charge on any atom is 0.163 e. The maximum atomic E-state index is 10.6. The van der Waals surface area contributed by atoms with Crippen LogP contribution in [0, 0.1) is 0 Å². The zero-order valence-corrected chi connectivity index (χ0v) is 12.9. The molecule has 0 amide bonds. The third-order valence-corrected chi connectivity index (χ3v) is 3.80. The quantitative estimate of drug-likeness (QED) is 0.924. The van der Waals surface area contributed by atoms with Crippen molar-refractivity contribution in [3.05, 3.63) is 45.1 Å². The highest BCUT2D eigenvalue weighted by atomic mass is 79.9. The van der Waals surface area contributed by atoms with E-state index in [9.17, 15) is 5.11 Å². The third kappa shape index (κ3) is 2.78. The molecule has 6 heteroatoms. The molecule has 0 aliphatic rings. The highest BCUT2D eigenvalue weighted by molar-refractivity contribution is 9.10. The lowest BCUT2D eigenvalue weighted by atomic mass is 10.1. The summed E-state index contributed by atoms with van der Waals surface area (Å²) in [5.74, 6) is 0.566. The van der Waals surface area contributed by atoms with Gasteiger partial charge in [-0.2, -0.15) is 5.10 Å². The summed E-state index contributed by atoms with van der Waals surface area (Å²) < 4.78 is 7.71. The van der Waals surface area contributed by atoms with Gasteiger partial charge in [0.2, 0.25) is 0 Å². The van der Waals surface area contributed by atoms with Gasteiger partial charge in [-0.1, -0.05) is 33.6 Å². The Bertz CT molecular complexity index is 565. The van der Waals surface area contributed by atoms with E-state index in [1.165, 1.54) is 0 Å². The van der Waals surface area contributed by atoms with E-state index in [2.05, 4.69) is 21.0 Å². The van der Waals surface area contributed by atoms with Crippen LogP contribution in [-0.4, -0.2) is 22.0 Å². The molecule has 19 heavy (non-hydrogen) atoms. The van der Waals surface area contributed by atoms with Gasteiger partial charge in [0.1, 0.15) is 11.8 Å². The lowest BCUT2D eigenvalue weighted by molar-refractivity contribution is 0.202. The van der Waals surface area contributed by atoms with Gasteiger partial charge in [-0.3, -0.25) is 4.68 Å². The number of rotatable bonds is 4. The monoisotopic (exact) mass is 344 g/mol. The van der Waals surface area contributed by atoms with Gasteiger partial charge in [0.15, 0.2) is 5.75 Å². The number of hydrogen-bond donors (Lipinski definition) is 1. The fraction of sp³-hybridized carbons (Fsp3) is 0.308. The smallest absolute Gasteiger partial charge is 0.163 e. The van der Waals surface area contributed by atoms with Crippen LogP contribution in [0.4, 0.5) is 0 Å². The highest BCUT2D eigenvalue weighted by Crippen LogP contribution is 2.34. The number of aryl methyl sites for hydroxylation is 1. The first kappa shape index (κ1) is 14.4. The Morgan fingerprint density at radius 1 is 1.53 bits per heavy atom. The second kappa shape index (κ2) is 5.94. The van der Waals surface area contributed by atoms with Crippen LogP contribution in [0.15, 0.2) is 28.9 Å². The molecule has 1 aromatic carbocycles. The normalized spacial score (nSPS) is 12.5. The van der Waals surface area contributed by atoms with Crippen molar-refractivity contribution in [2.45, 2.75) is 19.6 Å². The topological polar surface area (TPSA) is 47.3 Å². The molecule has 0 aliphatic heterocycles. The molecule has 0 aliphatic carbocycles. The van der Waals surface area contributed by atoms with Crippen LogP contribution in [-0.2, 0) is 6.54 Å². The fourth-order valence-electron chi connectivity index (χ4n) is 1.93. The Labute approximate surface area is 125 Å². The van der Waals surface area contributed by atoms with Gasteiger partial charge in [-0.05, 0) is 19.1 Å². The zero-order chi connectivity index (χ0) is 14.0. The first-order valence-corrected chi connectivity index (χ1v) is 6.98. The van der Waals surface area contributed by atoms with E-state index in [0.29, 0.717) is 23.0 Å². The fourth-order valence-corrected chi connectivity index (χ4v) is 2.83. The summed E-state index contributed by atoms with van der Waals surface area (Å²) in [6.45, 7) is 2.61. The minimum absolute atomic E-state index is 0.566. The summed E-state index contributed by atoms with van der Waals surface area (Å²) in [6, 6.07) is 5.27. The SMILES string of the molecule is CCn1ncc(OC)c1C(O)c1ccc(Cl)cc1Br. The number of nitrogens with zero attached hydrogens (tertiary/aromatic N) is 2. The molecule has 0 saturated carbocycles. The summed E-state index contributed by atoms with van der Waals surface area (Å²) >= 11 is 9.32. The zero-order valence-electron chi connectivity index (χ0n) is 10.6. The molecule has 2 aromatic rings. The standard InChI is InChI=1S/C13H14BrClN2O2/c1-3-17-12(11(19-2)7-16-17)13(18)9-5-4-8(15)6-10(9)14/h4-7,13,18H,3H2,1-2H3. The molecule has 1 aromatic heterocycles. The maximum absolute atomic E-state index is 10.6. The second-order valence-electron chi connectivity index (χ2n) is 3.98. The summed E-state index contributed by atoms with van der Waals surface area (Å²) in [7, 11) is 1.56. The van der Waals surface area contributed by atoms with Crippen molar-refractivity contribution in [2.75, 3.05) is 7.11 Å². The Kier molecular flexibility index (Phi) is 4.50. The molecule has 1 unspecified atom stereocenters. The van der Waals surface area contributed by atoms with Crippen molar-refractivity contribution in [3.63, 3.8) is 0 Å². The van der Waals surface area contributed by atoms with Gasteiger partial charge in [0.25, 0.3) is 0 Å². The second-order valence-corrected chi connectivity index (χ2v) is 5.27. The van der Waals surface area contributed by atoms with Gasteiger partial charge in [0.05, 0.1) is 13.3 Å². The van der Waals surface area contributed by atoms with Crippen LogP contribution in [0.25, 0.3) is 0 Å². The molecule has 2 rings (SSSR count). The van der Waals surface area contributed by atoms with Gasteiger partial charge in [-0.15, -0.1) is 0 Å². The average Bonchev–Trinajstić information content (AvgIpc) is 2.80. The van der Waals surface area contributed by atoms with Crippen molar-refractivity contribution >= 4 is 27.5 Å². The van der Waals surface area contributed by atoms with E-state index in [-0.39, 0.29) is 0 Å². The lowest BCUT2D eigenvalue weighted by Gasteiger charge is -2.16. The molecule has 1 heterocycles. The van der Waals surface area contributed by atoms with Crippen LogP contribution >= 0.6 is 27.5 Å². The lowest BCUT2D eigenvalue weighted by Crippen LogP contribution is -2.10. The van der Waals surface area contributed by atoms with Crippen LogP contribution in [0.3, 0.4) is 0 Å². The molecule has 0 saturated heterocycles. The summed E-state index contributed by atoms with van der Waals surface area (Å²) in [5.41, 5.74) is 1.35. The average molecular weight is 346 g/mol. The Balaban J connectivity index is 2.48. The first-order chi connectivity index (χ1) is 9.08. The minimum Gasteiger partial charge on any atom is -0.493 e. The van der Waals surface area contributed by atoms with Gasteiger partial charge >= 0.3 is 0 Å². The molecular weight excluding hydrogens is 332 g/mol. The number of hydrogen-bond acceptors (Lipinski definition) is 3. The van der Waals surface area contributed by atoms with Crippen LogP contribution in [0.5, 0.6) is 5.75 Å². The van der Waals surface area contributed by atoms with E-state index >= 15 is 0 Å². The molecule has 0 radical (unpaired) electrons. The Morgan fingerprint density at radius 3 is 2.84 bits per heavy atom. The number of benzene rings is 1. The minimum atomic E-state index is -0.830. The van der Waals surface area contributed by atoms with E-state index in [0.717, 1.165) is 10.0 Å². The van der Waals surface area contributed by atoms with Gasteiger partial charge in [0, 0.05) is 21.6 Å². The predicted octanol–water partition coefficient (Wildman–Crippen LogP) is 3.41. The molecule has 4 nitrogen and oxygen atoms in total. The molecule has 102 valence electrons. The summed E-state index contributed by atoms with van der Waals surface area (Å²) in [5, 5.41) is 15.4. The predicted molar refractivity (Wildman–Crippen MR) is 77.7 cm³/mol. The first-order valence-electron chi connectivity index (χ1n) is 5.81. The van der Waals surface area contributed by atoms with E-state index in [1.807, 2.05) is 6.92 Å². The molecule has 0 bridgehead atoms. The summed E-state index contributed by atoms with van der Waals surface area (Å²) in [6.07, 6.45) is 0.773. The molecular formula is C13H14BrClN2O2. The molecule has 0 fully saturated rings. The molecule has 1 atom stereocenters. The van der Waals surface area contributed by atoms with Crippen LogP contribution in [0.2, 0.25) is 5.02 Å². The number of ether oxygens (including phenoxy) is 1. The third-order valence-electron chi connectivity index (χ3n) is 2.88. The van der Waals surface area contributed by atoms with E-state index in [1.54, 1.807) is 36.2 Å². The summed E-state index contributed by atoms with van der Waals surface area (Å²) in [4.78, 5) is 0. The Hall–Kier alpha value is -1.04. The van der Waals surface area contributed by atoms with Crippen LogP contribution in [0.1, 0.15) is 24.3 Å². The van der Waals surface area contributed by atoms with E-state index in [4.69, 9.17) is 16.3 Å². The van der Waals surface area contributed by atoms with Crippen molar-refractivity contribution in [1.82, 2.24) is 9.78 Å². The van der Waals surface area contributed by atoms with Crippen LogP contribution < -0.4 is 4.74 Å². The van der Waals surface area contributed by atoms with Crippen molar-refractivity contribution in [3.8, 4) is 5.75 Å². The van der Waals surface area contributed by atoms with Crippen molar-refractivity contribution in [2.24, 2.45) is 0 Å². The number of methoxy groups -OCH3 is 1. The van der Waals surface area contributed by atoms with Gasteiger partial charge in [-0.25, -0.2) is 0 Å². The largest absolute Gasteiger partial charge is 0.493 e.